The van der Waals surface area contributed by atoms with Crippen LogP contribution in [0.25, 0.3) is 0 Å². The van der Waals surface area contributed by atoms with Gasteiger partial charge in [-0.15, -0.1) is 11.3 Å². The Morgan fingerprint density at radius 3 is 2.95 bits per heavy atom. The molecule has 2 rings (SSSR count). The van der Waals surface area contributed by atoms with Crippen LogP contribution in [-0.4, -0.2) is 22.6 Å². The van der Waals surface area contributed by atoms with E-state index in [0.717, 1.165) is 10.7 Å². The summed E-state index contributed by atoms with van der Waals surface area (Å²) in [6.45, 7) is 0.602. The maximum absolute atomic E-state index is 10.7. The summed E-state index contributed by atoms with van der Waals surface area (Å²) in [5.74, 6) is -1.01. The quantitative estimate of drug-likeness (QED) is 0.873. The van der Waals surface area contributed by atoms with Gasteiger partial charge in [-0.2, -0.15) is 5.26 Å². The van der Waals surface area contributed by atoms with Crippen molar-refractivity contribution in [2.24, 2.45) is 0 Å². The first-order chi connectivity index (χ1) is 9.20. The summed E-state index contributed by atoms with van der Waals surface area (Å²) in [7, 11) is 0. The van der Waals surface area contributed by atoms with E-state index in [0.29, 0.717) is 18.5 Å². The fourth-order valence-electron chi connectivity index (χ4n) is 1.56. The summed E-state index contributed by atoms with van der Waals surface area (Å²) in [4.78, 5) is 14.7. The largest absolute Gasteiger partial charge is 0.476 e. The Morgan fingerprint density at radius 2 is 2.26 bits per heavy atom. The number of benzene rings is 1. The Balaban J connectivity index is 1.93. The Bertz CT molecular complexity index is 631. The Morgan fingerprint density at radius 1 is 1.47 bits per heavy atom. The van der Waals surface area contributed by atoms with Gasteiger partial charge in [0.25, 0.3) is 0 Å². The maximum Gasteiger partial charge on any atom is 0.355 e. The average molecular weight is 273 g/mol. The molecule has 0 fully saturated rings. The monoisotopic (exact) mass is 273 g/mol. The number of carboxylic acid groups (broad SMARTS) is 1. The third-order valence-electron chi connectivity index (χ3n) is 2.47. The number of carboxylic acids is 1. The molecule has 19 heavy (non-hydrogen) atoms. The van der Waals surface area contributed by atoms with Crippen molar-refractivity contribution in [1.29, 1.82) is 5.26 Å². The van der Waals surface area contributed by atoms with Crippen LogP contribution in [0.4, 0.5) is 5.69 Å². The number of nitrogens with zero attached hydrogens (tertiary/aromatic N) is 2. The van der Waals surface area contributed by atoms with Crippen LogP contribution < -0.4 is 5.32 Å². The molecule has 2 N–H and O–H groups in total. The summed E-state index contributed by atoms with van der Waals surface area (Å²) in [6, 6.07) is 9.36. The molecule has 0 spiro atoms. The Hall–Kier alpha value is -2.39. The zero-order valence-corrected chi connectivity index (χ0v) is 10.8. The first-order valence-corrected chi connectivity index (χ1v) is 6.49. The van der Waals surface area contributed by atoms with E-state index in [-0.39, 0.29) is 5.69 Å². The molecule has 1 aromatic heterocycles. The van der Waals surface area contributed by atoms with Crippen LogP contribution >= 0.6 is 11.3 Å². The van der Waals surface area contributed by atoms with Gasteiger partial charge in [-0.1, -0.05) is 12.1 Å². The first kappa shape index (κ1) is 13.1. The minimum Gasteiger partial charge on any atom is -0.476 e. The van der Waals surface area contributed by atoms with Crippen LogP contribution in [0.5, 0.6) is 0 Å². The van der Waals surface area contributed by atoms with Gasteiger partial charge in [-0.25, -0.2) is 9.78 Å². The molecule has 0 saturated carbocycles. The third-order valence-corrected chi connectivity index (χ3v) is 3.38. The fraction of sp³-hybridized carbons (Fsp3) is 0.154. The number of thiazole rings is 1. The third kappa shape index (κ3) is 3.30. The zero-order valence-electron chi connectivity index (χ0n) is 9.96. The van der Waals surface area contributed by atoms with E-state index in [1.807, 2.05) is 18.2 Å². The molecule has 0 aliphatic carbocycles. The number of nitriles is 1. The molecule has 2 aromatic rings. The second-order valence-electron chi connectivity index (χ2n) is 3.77. The molecule has 0 saturated heterocycles. The number of aromatic carboxylic acids is 1. The van der Waals surface area contributed by atoms with Gasteiger partial charge in [0.1, 0.15) is 6.07 Å². The lowest BCUT2D eigenvalue weighted by Gasteiger charge is -2.06. The van der Waals surface area contributed by atoms with Crippen molar-refractivity contribution in [3.8, 4) is 6.07 Å². The van der Waals surface area contributed by atoms with Gasteiger partial charge < -0.3 is 10.4 Å². The van der Waals surface area contributed by atoms with Crippen LogP contribution in [0.15, 0.2) is 29.6 Å². The van der Waals surface area contributed by atoms with Gasteiger partial charge in [0.2, 0.25) is 0 Å². The van der Waals surface area contributed by atoms with E-state index >= 15 is 0 Å². The lowest BCUT2D eigenvalue weighted by molar-refractivity contribution is 0.0691. The maximum atomic E-state index is 10.7. The van der Waals surface area contributed by atoms with Crippen molar-refractivity contribution in [1.82, 2.24) is 4.98 Å². The van der Waals surface area contributed by atoms with Gasteiger partial charge in [-0.05, 0) is 12.1 Å². The summed E-state index contributed by atoms with van der Waals surface area (Å²) in [5, 5.41) is 23.1. The minimum absolute atomic E-state index is 0.0809. The van der Waals surface area contributed by atoms with E-state index in [9.17, 15) is 4.79 Å². The van der Waals surface area contributed by atoms with Crippen molar-refractivity contribution < 1.29 is 9.90 Å². The van der Waals surface area contributed by atoms with Crippen molar-refractivity contribution in [2.75, 3.05) is 11.9 Å². The molecule has 5 nitrogen and oxygen atoms in total. The van der Waals surface area contributed by atoms with Crippen molar-refractivity contribution in [2.45, 2.75) is 6.42 Å². The molecule has 0 bridgehead atoms. The second kappa shape index (κ2) is 5.98. The molecule has 0 aliphatic rings. The molecular formula is C13H11N3O2S. The molecule has 0 atom stereocenters. The molecular weight excluding hydrogens is 262 g/mol. The molecule has 96 valence electrons. The molecule has 0 unspecified atom stereocenters. The Kier molecular flexibility index (Phi) is 4.11. The smallest absolute Gasteiger partial charge is 0.355 e. The van der Waals surface area contributed by atoms with E-state index in [1.54, 1.807) is 6.07 Å². The number of rotatable bonds is 5. The number of para-hydroxylation sites is 1. The zero-order chi connectivity index (χ0) is 13.7. The number of carbonyl (C=O) groups is 1. The lowest BCUT2D eigenvalue weighted by Crippen LogP contribution is -2.06. The highest BCUT2D eigenvalue weighted by Gasteiger charge is 2.08. The summed E-state index contributed by atoms with van der Waals surface area (Å²) in [5.41, 5.74) is 1.45. The van der Waals surface area contributed by atoms with Crippen molar-refractivity contribution >= 4 is 23.0 Å². The first-order valence-electron chi connectivity index (χ1n) is 5.61. The molecule has 6 heteroatoms. The summed E-state index contributed by atoms with van der Waals surface area (Å²) >= 11 is 1.33. The molecule has 1 heterocycles. The standard InChI is InChI=1S/C13H11N3O2S/c14-7-9-3-1-2-4-10(9)15-6-5-12-16-11(8-19-12)13(17)18/h1-4,8,15H,5-6H2,(H,17,18). The van der Waals surface area contributed by atoms with E-state index in [4.69, 9.17) is 10.4 Å². The summed E-state index contributed by atoms with van der Waals surface area (Å²) in [6.07, 6.45) is 0.623. The van der Waals surface area contributed by atoms with E-state index in [1.165, 1.54) is 16.7 Å². The predicted octanol–water partition coefficient (Wildman–Crippen LogP) is 2.37. The fourth-order valence-corrected chi connectivity index (χ4v) is 2.33. The minimum atomic E-state index is -1.01. The highest BCUT2D eigenvalue weighted by atomic mass is 32.1. The number of nitrogens with one attached hydrogen (secondary N) is 1. The molecule has 0 radical (unpaired) electrons. The second-order valence-corrected chi connectivity index (χ2v) is 4.71. The van der Waals surface area contributed by atoms with E-state index in [2.05, 4.69) is 16.4 Å². The average Bonchev–Trinajstić information content (AvgIpc) is 2.88. The van der Waals surface area contributed by atoms with Crippen molar-refractivity contribution in [3.05, 3.63) is 45.9 Å². The van der Waals surface area contributed by atoms with Gasteiger partial charge in [0, 0.05) is 18.3 Å². The van der Waals surface area contributed by atoms with Crippen LogP contribution in [0, 0.1) is 11.3 Å². The number of anilines is 1. The number of hydrogen-bond donors (Lipinski definition) is 2. The van der Waals surface area contributed by atoms with Crippen LogP contribution in [0.3, 0.4) is 0 Å². The van der Waals surface area contributed by atoms with Gasteiger partial charge in [0.05, 0.1) is 16.3 Å². The number of aromatic nitrogens is 1. The highest BCUT2D eigenvalue weighted by Crippen LogP contribution is 2.14. The molecule has 0 amide bonds. The van der Waals surface area contributed by atoms with Gasteiger partial charge in [0.15, 0.2) is 5.69 Å². The predicted molar refractivity (Wildman–Crippen MR) is 72.4 cm³/mol. The van der Waals surface area contributed by atoms with Crippen LogP contribution in [-0.2, 0) is 6.42 Å². The molecule has 1 aromatic carbocycles. The summed E-state index contributed by atoms with van der Waals surface area (Å²) < 4.78 is 0. The normalized spacial score (nSPS) is 9.84. The SMILES string of the molecule is N#Cc1ccccc1NCCc1nc(C(=O)O)cs1. The topological polar surface area (TPSA) is 86.0 Å². The van der Waals surface area contributed by atoms with Crippen LogP contribution in [0.2, 0.25) is 0 Å². The molecule has 0 aliphatic heterocycles. The van der Waals surface area contributed by atoms with Crippen molar-refractivity contribution in [3.63, 3.8) is 0 Å². The van der Waals surface area contributed by atoms with E-state index < -0.39 is 5.97 Å². The Labute approximate surface area is 114 Å². The van der Waals surface area contributed by atoms with Crippen LogP contribution in [0.1, 0.15) is 21.1 Å². The van der Waals surface area contributed by atoms with Gasteiger partial charge >= 0.3 is 5.97 Å². The number of hydrogen-bond acceptors (Lipinski definition) is 5. The van der Waals surface area contributed by atoms with Gasteiger partial charge in [-0.3, -0.25) is 0 Å². The highest BCUT2D eigenvalue weighted by molar-refractivity contribution is 7.09. The lowest BCUT2D eigenvalue weighted by atomic mass is 10.2.